The molecule has 0 aliphatic heterocycles. The van der Waals surface area contributed by atoms with E-state index < -0.39 is 0 Å². The van der Waals surface area contributed by atoms with Gasteiger partial charge in [0.1, 0.15) is 11.8 Å². The monoisotopic (exact) mass is 297 g/mol. The summed E-state index contributed by atoms with van der Waals surface area (Å²) in [5.41, 5.74) is 5.81. The molecule has 1 aliphatic carbocycles. The van der Waals surface area contributed by atoms with Crippen molar-refractivity contribution < 1.29 is 0 Å². The third-order valence-electron chi connectivity index (χ3n) is 4.86. The maximum Gasteiger partial charge on any atom is 0.120 e. The molecule has 2 aromatic rings. The molecule has 0 radical (unpaired) electrons. The van der Waals surface area contributed by atoms with Crippen molar-refractivity contribution in [2.75, 3.05) is 0 Å². The zero-order valence-electron chi connectivity index (χ0n) is 13.6. The maximum atomic E-state index is 9.13. The molecule has 0 spiro atoms. The van der Waals surface area contributed by atoms with Crippen LogP contribution in [0.3, 0.4) is 0 Å². The zero-order valence-corrected chi connectivity index (χ0v) is 13.6. The number of hydrogen-bond acceptors (Lipinski definition) is 3. The van der Waals surface area contributed by atoms with Crippen LogP contribution < -0.4 is 5.32 Å². The van der Waals surface area contributed by atoms with E-state index >= 15 is 0 Å². The van der Waals surface area contributed by atoms with Crippen LogP contribution in [0, 0.1) is 18.3 Å². The van der Waals surface area contributed by atoms with Gasteiger partial charge in [-0.2, -0.15) is 10.4 Å². The number of fused-ring (bicyclic) bond motifs is 1. The molecule has 5 heteroatoms. The van der Waals surface area contributed by atoms with Gasteiger partial charge in [0.05, 0.1) is 6.20 Å². The van der Waals surface area contributed by atoms with Gasteiger partial charge in [0.2, 0.25) is 0 Å². The second-order valence-corrected chi connectivity index (χ2v) is 6.00. The van der Waals surface area contributed by atoms with Gasteiger partial charge < -0.3 is 9.88 Å². The van der Waals surface area contributed by atoms with Crippen LogP contribution in [0.1, 0.15) is 54.0 Å². The highest BCUT2D eigenvalue weighted by Gasteiger charge is 2.23. The molecule has 22 heavy (non-hydrogen) atoms. The normalized spacial score (nSPS) is 17.3. The lowest BCUT2D eigenvalue weighted by Crippen LogP contribution is -2.25. The lowest BCUT2D eigenvalue weighted by molar-refractivity contribution is 0.447. The van der Waals surface area contributed by atoms with Crippen LogP contribution in [0.15, 0.2) is 12.3 Å². The van der Waals surface area contributed by atoms with E-state index in [1.54, 1.807) is 0 Å². The predicted molar refractivity (Wildman–Crippen MR) is 85.3 cm³/mol. The summed E-state index contributed by atoms with van der Waals surface area (Å²) in [5, 5.41) is 17.3. The van der Waals surface area contributed by atoms with E-state index in [1.165, 1.54) is 23.2 Å². The summed E-state index contributed by atoms with van der Waals surface area (Å²) < 4.78 is 4.07. The Labute approximate surface area is 131 Å². The minimum absolute atomic E-state index is 0.370. The highest BCUT2D eigenvalue weighted by atomic mass is 15.3. The molecule has 0 saturated carbocycles. The Balaban J connectivity index is 1.76. The molecule has 1 N–H and O–H groups in total. The minimum atomic E-state index is 0.370. The first-order valence-corrected chi connectivity index (χ1v) is 7.99. The van der Waals surface area contributed by atoms with Gasteiger partial charge in [-0.1, -0.05) is 0 Å². The molecule has 0 bridgehead atoms. The summed E-state index contributed by atoms with van der Waals surface area (Å²) in [6.07, 6.45) is 5.51. The Kier molecular flexibility index (Phi) is 4.04. The molecule has 3 rings (SSSR count). The molecule has 116 valence electrons. The maximum absolute atomic E-state index is 9.13. The molecule has 1 aliphatic rings. The van der Waals surface area contributed by atoms with E-state index in [4.69, 9.17) is 5.26 Å². The number of nitriles is 1. The third kappa shape index (κ3) is 2.44. The average molecular weight is 297 g/mol. The molecule has 0 unspecified atom stereocenters. The second-order valence-electron chi connectivity index (χ2n) is 6.00. The molecular weight excluding hydrogens is 274 g/mol. The predicted octanol–water partition coefficient (Wildman–Crippen LogP) is 2.59. The van der Waals surface area contributed by atoms with Crippen molar-refractivity contribution in [2.24, 2.45) is 7.05 Å². The fraction of sp³-hybridized carbons (Fsp3) is 0.529. The van der Waals surface area contributed by atoms with E-state index in [9.17, 15) is 0 Å². The second kappa shape index (κ2) is 5.98. The number of hydrogen-bond donors (Lipinski definition) is 1. The van der Waals surface area contributed by atoms with Crippen molar-refractivity contribution in [3.8, 4) is 6.07 Å². The molecule has 2 aromatic heterocycles. The SMILES string of the molecule is CCn1ncc2c1CCC[C@H]2NCc1cc(C#N)n(C)c1C. The summed E-state index contributed by atoms with van der Waals surface area (Å²) in [5.74, 6) is 0. The van der Waals surface area contributed by atoms with Gasteiger partial charge in [0, 0.05) is 43.1 Å². The smallest absolute Gasteiger partial charge is 0.120 e. The van der Waals surface area contributed by atoms with Gasteiger partial charge >= 0.3 is 0 Å². The summed E-state index contributed by atoms with van der Waals surface area (Å²) >= 11 is 0. The molecule has 0 saturated heterocycles. The van der Waals surface area contributed by atoms with E-state index in [-0.39, 0.29) is 0 Å². The number of aromatic nitrogens is 3. The van der Waals surface area contributed by atoms with Crippen LogP contribution in [-0.4, -0.2) is 14.3 Å². The lowest BCUT2D eigenvalue weighted by atomic mass is 9.93. The van der Waals surface area contributed by atoms with Gasteiger partial charge in [-0.05, 0) is 44.7 Å². The standard InChI is InChI=1S/C17H23N5/c1-4-22-17-7-5-6-16(15(17)11-20-22)19-10-13-8-14(9-18)21(3)12(13)2/h8,11,16,19H,4-7,10H2,1-3H3/t16-/m1/s1. The molecule has 1 atom stereocenters. The molecule has 0 aromatic carbocycles. The van der Waals surface area contributed by atoms with Crippen LogP contribution in [0.25, 0.3) is 0 Å². The summed E-state index contributed by atoms with van der Waals surface area (Å²) in [7, 11) is 1.95. The first-order chi connectivity index (χ1) is 10.7. The minimum Gasteiger partial charge on any atom is -0.340 e. The third-order valence-corrected chi connectivity index (χ3v) is 4.86. The van der Waals surface area contributed by atoms with Gasteiger partial charge in [-0.3, -0.25) is 4.68 Å². The fourth-order valence-corrected chi connectivity index (χ4v) is 3.39. The lowest BCUT2D eigenvalue weighted by Gasteiger charge is -2.24. The van der Waals surface area contributed by atoms with Crippen LogP contribution >= 0.6 is 0 Å². The molecule has 5 nitrogen and oxygen atoms in total. The Morgan fingerprint density at radius 1 is 1.50 bits per heavy atom. The largest absolute Gasteiger partial charge is 0.340 e. The van der Waals surface area contributed by atoms with Crippen molar-refractivity contribution in [1.29, 1.82) is 5.26 Å². The summed E-state index contributed by atoms with van der Waals surface area (Å²) in [6.45, 7) is 5.94. The summed E-state index contributed by atoms with van der Waals surface area (Å²) in [4.78, 5) is 0. The van der Waals surface area contributed by atoms with Gasteiger partial charge in [-0.25, -0.2) is 0 Å². The van der Waals surface area contributed by atoms with Crippen molar-refractivity contribution in [3.63, 3.8) is 0 Å². The Bertz CT molecular complexity index is 716. The Hall–Kier alpha value is -2.06. The first kappa shape index (κ1) is 14.9. The molecule has 0 fully saturated rings. The number of nitrogens with zero attached hydrogens (tertiary/aromatic N) is 4. The Morgan fingerprint density at radius 3 is 3.00 bits per heavy atom. The number of nitrogens with one attached hydrogen (secondary N) is 1. The van der Waals surface area contributed by atoms with Crippen molar-refractivity contribution in [3.05, 3.63) is 40.5 Å². The van der Waals surface area contributed by atoms with Crippen molar-refractivity contribution in [1.82, 2.24) is 19.7 Å². The van der Waals surface area contributed by atoms with Crippen molar-refractivity contribution in [2.45, 2.75) is 52.2 Å². The van der Waals surface area contributed by atoms with E-state index in [1.807, 2.05) is 23.9 Å². The van der Waals surface area contributed by atoms with Crippen LogP contribution in [0.4, 0.5) is 0 Å². The van der Waals surface area contributed by atoms with E-state index in [0.29, 0.717) is 6.04 Å². The van der Waals surface area contributed by atoms with E-state index in [2.05, 4.69) is 35.0 Å². The average Bonchev–Trinajstić information content (AvgIpc) is 3.08. The molecule has 0 amide bonds. The molecule has 2 heterocycles. The number of aryl methyl sites for hydroxylation is 1. The quantitative estimate of drug-likeness (QED) is 0.943. The number of rotatable bonds is 4. The van der Waals surface area contributed by atoms with Crippen molar-refractivity contribution >= 4 is 0 Å². The zero-order chi connectivity index (χ0) is 15.7. The van der Waals surface area contributed by atoms with Crippen LogP contribution in [0.2, 0.25) is 0 Å². The van der Waals surface area contributed by atoms with Gasteiger partial charge in [0.25, 0.3) is 0 Å². The highest BCUT2D eigenvalue weighted by Crippen LogP contribution is 2.30. The van der Waals surface area contributed by atoms with Gasteiger partial charge in [0.15, 0.2) is 0 Å². The van der Waals surface area contributed by atoms with Crippen LogP contribution in [-0.2, 0) is 26.6 Å². The van der Waals surface area contributed by atoms with Crippen LogP contribution in [0.5, 0.6) is 0 Å². The Morgan fingerprint density at radius 2 is 2.32 bits per heavy atom. The fourth-order valence-electron chi connectivity index (χ4n) is 3.39. The first-order valence-electron chi connectivity index (χ1n) is 7.99. The highest BCUT2D eigenvalue weighted by molar-refractivity contribution is 5.34. The van der Waals surface area contributed by atoms with Gasteiger partial charge in [-0.15, -0.1) is 0 Å². The topological polar surface area (TPSA) is 58.6 Å². The van der Waals surface area contributed by atoms with E-state index in [0.717, 1.165) is 37.3 Å². The molecular formula is C17H23N5. The summed E-state index contributed by atoms with van der Waals surface area (Å²) in [6, 6.07) is 4.60.